The van der Waals surface area contributed by atoms with Crippen LogP contribution in [0.5, 0.6) is 0 Å². The van der Waals surface area contributed by atoms with Crippen molar-refractivity contribution in [1.82, 2.24) is 29.3 Å². The first-order valence-corrected chi connectivity index (χ1v) is 13.2. The van der Waals surface area contributed by atoms with Crippen molar-refractivity contribution in [3.8, 4) is 0 Å². The van der Waals surface area contributed by atoms with E-state index in [1.807, 2.05) is 18.2 Å². The summed E-state index contributed by atoms with van der Waals surface area (Å²) >= 11 is 6.28. The SMILES string of the molecule is CC(=O)c1cccc(S(=O)(=O)N2CCC[C@@H](c3nc4c(nnn4Cc4ccccc4Cl)c(=O)[nH]3)C2)c1. The summed E-state index contributed by atoms with van der Waals surface area (Å²) in [7, 11) is -3.84. The largest absolute Gasteiger partial charge is 0.308 e. The van der Waals surface area contributed by atoms with Gasteiger partial charge in [0, 0.05) is 29.6 Å². The van der Waals surface area contributed by atoms with Crippen LogP contribution in [0.1, 0.15) is 47.4 Å². The van der Waals surface area contributed by atoms with Gasteiger partial charge in [-0.3, -0.25) is 9.59 Å². The summed E-state index contributed by atoms with van der Waals surface area (Å²) in [6.45, 7) is 2.16. The molecule has 0 unspecified atom stereocenters. The summed E-state index contributed by atoms with van der Waals surface area (Å²) in [6.07, 6.45) is 1.25. The Morgan fingerprint density at radius 1 is 1.19 bits per heavy atom. The Kier molecular flexibility index (Phi) is 6.45. The number of fused-ring (bicyclic) bond motifs is 1. The quantitative estimate of drug-likeness (QED) is 0.382. The molecule has 36 heavy (non-hydrogen) atoms. The molecule has 1 aliphatic rings. The summed E-state index contributed by atoms with van der Waals surface area (Å²) < 4.78 is 29.6. The fourth-order valence-electron chi connectivity index (χ4n) is 4.38. The van der Waals surface area contributed by atoms with Crippen LogP contribution in [-0.2, 0) is 16.6 Å². The number of aromatic amines is 1. The van der Waals surface area contributed by atoms with Crippen molar-refractivity contribution in [2.75, 3.05) is 13.1 Å². The van der Waals surface area contributed by atoms with E-state index in [1.54, 1.807) is 18.2 Å². The molecule has 0 aliphatic carbocycles. The Hall–Kier alpha value is -3.41. The average Bonchev–Trinajstić information content (AvgIpc) is 3.29. The molecular weight excluding hydrogens is 504 g/mol. The molecule has 0 bridgehead atoms. The lowest BCUT2D eigenvalue weighted by molar-refractivity contribution is 0.101. The number of benzene rings is 2. The number of H-pyrrole nitrogens is 1. The van der Waals surface area contributed by atoms with E-state index < -0.39 is 15.6 Å². The van der Waals surface area contributed by atoms with Gasteiger partial charge in [0.15, 0.2) is 16.9 Å². The number of sulfonamides is 1. The maximum absolute atomic E-state index is 13.4. The number of hydrogen-bond acceptors (Lipinski definition) is 7. The van der Waals surface area contributed by atoms with Gasteiger partial charge in [0.05, 0.1) is 11.4 Å². The third-order valence-corrected chi connectivity index (χ3v) is 8.55. The highest BCUT2D eigenvalue weighted by Gasteiger charge is 2.32. The van der Waals surface area contributed by atoms with Gasteiger partial charge in [-0.15, -0.1) is 5.10 Å². The molecular formula is C24H23ClN6O4S. The van der Waals surface area contributed by atoms with E-state index in [1.165, 1.54) is 28.0 Å². The van der Waals surface area contributed by atoms with Crippen molar-refractivity contribution >= 4 is 38.6 Å². The second-order valence-corrected chi connectivity index (χ2v) is 11.1. The lowest BCUT2D eigenvalue weighted by Crippen LogP contribution is -2.40. The molecule has 10 nitrogen and oxygen atoms in total. The number of carbonyl (C=O) groups excluding carboxylic acids is 1. The van der Waals surface area contributed by atoms with Crippen LogP contribution in [0.4, 0.5) is 0 Å². The molecule has 12 heteroatoms. The minimum absolute atomic E-state index is 0.0646. The first-order valence-electron chi connectivity index (χ1n) is 11.4. The number of carbonyl (C=O) groups is 1. The molecule has 1 saturated heterocycles. The minimum Gasteiger partial charge on any atom is -0.308 e. The Balaban J connectivity index is 1.46. The lowest BCUT2D eigenvalue weighted by Gasteiger charge is -2.31. The number of rotatable bonds is 6. The molecule has 0 amide bonds. The summed E-state index contributed by atoms with van der Waals surface area (Å²) in [5.74, 6) is -0.154. The maximum atomic E-state index is 13.4. The third-order valence-electron chi connectivity index (χ3n) is 6.32. The molecule has 1 aliphatic heterocycles. The Morgan fingerprint density at radius 2 is 2.00 bits per heavy atom. The predicted molar refractivity (Wildman–Crippen MR) is 134 cm³/mol. The Bertz CT molecular complexity index is 1630. The van der Waals surface area contributed by atoms with Gasteiger partial charge in [-0.2, -0.15) is 4.31 Å². The number of ketones is 1. The summed E-state index contributed by atoms with van der Waals surface area (Å²) in [5.41, 5.74) is 1.11. The highest BCUT2D eigenvalue weighted by atomic mass is 35.5. The van der Waals surface area contributed by atoms with Gasteiger partial charge in [0.25, 0.3) is 5.56 Å². The van der Waals surface area contributed by atoms with Crippen molar-refractivity contribution in [2.24, 2.45) is 0 Å². The molecule has 1 atom stereocenters. The molecule has 2 aromatic carbocycles. The van der Waals surface area contributed by atoms with Crippen LogP contribution in [0.15, 0.2) is 58.2 Å². The van der Waals surface area contributed by atoms with Gasteiger partial charge in [-0.25, -0.2) is 18.1 Å². The maximum Gasteiger partial charge on any atom is 0.281 e. The monoisotopic (exact) mass is 526 g/mol. The third kappa shape index (κ3) is 4.57. The fraction of sp³-hybridized carbons (Fsp3) is 0.292. The van der Waals surface area contributed by atoms with Gasteiger partial charge in [0.2, 0.25) is 10.0 Å². The average molecular weight is 527 g/mol. The highest BCUT2D eigenvalue weighted by molar-refractivity contribution is 7.89. The van der Waals surface area contributed by atoms with Crippen molar-refractivity contribution in [3.05, 3.63) is 80.9 Å². The predicted octanol–water partition coefficient (Wildman–Crippen LogP) is 2.99. The topological polar surface area (TPSA) is 131 Å². The molecule has 186 valence electrons. The summed E-state index contributed by atoms with van der Waals surface area (Å²) in [6, 6.07) is 13.3. The summed E-state index contributed by atoms with van der Waals surface area (Å²) in [4.78, 5) is 32.0. The van der Waals surface area contributed by atoms with E-state index in [0.29, 0.717) is 41.4 Å². The standard InChI is InChI=1S/C24H23ClN6O4S/c1-15(32)16-7-4-9-19(12-16)36(34,35)30-11-5-8-18(13-30)22-26-23-21(24(33)27-22)28-29-31(23)14-17-6-2-3-10-20(17)25/h2-4,6-7,9-10,12,18H,5,8,11,13-14H2,1H3,(H,26,27,33)/t18-/m1/s1. The number of hydrogen-bond donors (Lipinski definition) is 1. The highest BCUT2D eigenvalue weighted by Crippen LogP contribution is 2.29. The van der Waals surface area contributed by atoms with Crippen LogP contribution in [-0.4, -0.2) is 56.6 Å². The van der Waals surface area contributed by atoms with Crippen LogP contribution < -0.4 is 5.56 Å². The molecule has 0 saturated carbocycles. The molecule has 2 aromatic heterocycles. The van der Waals surface area contributed by atoms with E-state index in [4.69, 9.17) is 11.6 Å². The van der Waals surface area contributed by atoms with Crippen molar-refractivity contribution in [1.29, 1.82) is 0 Å². The van der Waals surface area contributed by atoms with Crippen LogP contribution in [0.2, 0.25) is 5.02 Å². The first-order chi connectivity index (χ1) is 17.2. The minimum atomic E-state index is -3.84. The molecule has 1 fully saturated rings. The zero-order valence-corrected chi connectivity index (χ0v) is 21.0. The molecule has 1 N–H and O–H groups in total. The van der Waals surface area contributed by atoms with E-state index in [2.05, 4.69) is 20.3 Å². The van der Waals surface area contributed by atoms with E-state index in [9.17, 15) is 18.0 Å². The number of nitrogens with one attached hydrogen (secondary N) is 1. The van der Waals surface area contributed by atoms with Crippen LogP contribution in [0.25, 0.3) is 11.2 Å². The van der Waals surface area contributed by atoms with Gasteiger partial charge in [0.1, 0.15) is 5.82 Å². The van der Waals surface area contributed by atoms with E-state index >= 15 is 0 Å². The molecule has 5 rings (SSSR count). The first kappa shape index (κ1) is 24.3. The number of nitrogens with zero attached hydrogens (tertiary/aromatic N) is 5. The van der Waals surface area contributed by atoms with Crippen molar-refractivity contribution in [2.45, 2.75) is 37.1 Å². The number of aromatic nitrogens is 5. The van der Waals surface area contributed by atoms with Crippen LogP contribution in [0, 0.1) is 0 Å². The Morgan fingerprint density at radius 3 is 2.78 bits per heavy atom. The van der Waals surface area contributed by atoms with E-state index in [0.717, 1.165) is 5.56 Å². The molecule has 3 heterocycles. The van der Waals surface area contributed by atoms with E-state index in [-0.39, 0.29) is 35.2 Å². The molecule has 4 aromatic rings. The second kappa shape index (κ2) is 9.57. The van der Waals surface area contributed by atoms with Gasteiger partial charge >= 0.3 is 0 Å². The van der Waals surface area contributed by atoms with Gasteiger partial charge in [-0.05, 0) is 43.5 Å². The molecule has 0 spiro atoms. The van der Waals surface area contributed by atoms with Crippen LogP contribution in [0.3, 0.4) is 0 Å². The van der Waals surface area contributed by atoms with Crippen molar-refractivity contribution in [3.63, 3.8) is 0 Å². The molecule has 0 radical (unpaired) electrons. The van der Waals surface area contributed by atoms with Crippen molar-refractivity contribution < 1.29 is 13.2 Å². The zero-order chi connectivity index (χ0) is 25.4. The number of piperidine rings is 1. The van der Waals surface area contributed by atoms with Gasteiger partial charge in [-0.1, -0.05) is 47.1 Å². The smallest absolute Gasteiger partial charge is 0.281 e. The summed E-state index contributed by atoms with van der Waals surface area (Å²) in [5, 5.41) is 8.63. The lowest BCUT2D eigenvalue weighted by atomic mass is 9.99. The Labute approximate surface area is 212 Å². The van der Waals surface area contributed by atoms with Gasteiger partial charge < -0.3 is 4.98 Å². The fourth-order valence-corrected chi connectivity index (χ4v) is 6.15. The number of halogens is 1. The van der Waals surface area contributed by atoms with Crippen LogP contribution >= 0.6 is 11.6 Å². The second-order valence-electron chi connectivity index (χ2n) is 8.75. The normalized spacial score (nSPS) is 16.9. The zero-order valence-electron chi connectivity index (χ0n) is 19.4. The number of Topliss-reactive ketones (excluding diaryl/α,β-unsaturated/α-hetero) is 1.